The first-order chi connectivity index (χ1) is 11.5. The Morgan fingerprint density at radius 3 is 2.25 bits per heavy atom. The molecular formula is C17H16FNO5. The molecule has 0 atom stereocenters. The Labute approximate surface area is 138 Å². The van der Waals surface area contributed by atoms with Crippen LogP contribution in [0.2, 0.25) is 0 Å². The van der Waals surface area contributed by atoms with Crippen molar-refractivity contribution in [1.29, 1.82) is 0 Å². The Bertz CT molecular complexity index is 776. The number of hydrogen-bond acceptors (Lipinski definition) is 5. The maximum Gasteiger partial charge on any atom is 0.340 e. The molecule has 7 heteroatoms. The molecule has 0 unspecified atom stereocenters. The second kappa shape index (κ2) is 7.45. The molecule has 0 aliphatic heterocycles. The molecule has 0 aliphatic carbocycles. The molecule has 24 heavy (non-hydrogen) atoms. The van der Waals surface area contributed by atoms with Gasteiger partial charge in [-0.3, -0.25) is 4.79 Å². The predicted octanol–water partition coefficient (Wildman–Crippen LogP) is 2.88. The fourth-order valence-electron chi connectivity index (χ4n) is 2.09. The van der Waals surface area contributed by atoms with E-state index in [4.69, 9.17) is 14.2 Å². The summed E-state index contributed by atoms with van der Waals surface area (Å²) >= 11 is 0. The number of carbonyl (C=O) groups excluding carboxylic acids is 2. The molecule has 0 fully saturated rings. The second-order valence-corrected chi connectivity index (χ2v) is 4.71. The summed E-state index contributed by atoms with van der Waals surface area (Å²) in [5, 5.41) is 2.55. The van der Waals surface area contributed by atoms with Gasteiger partial charge in [-0.05, 0) is 18.2 Å². The number of amides is 1. The van der Waals surface area contributed by atoms with E-state index in [2.05, 4.69) is 5.32 Å². The summed E-state index contributed by atoms with van der Waals surface area (Å²) in [6, 6.07) is 8.02. The molecule has 0 heterocycles. The van der Waals surface area contributed by atoms with Gasteiger partial charge < -0.3 is 19.5 Å². The van der Waals surface area contributed by atoms with E-state index in [0.29, 0.717) is 11.5 Å². The van der Waals surface area contributed by atoms with Crippen LogP contribution in [0.25, 0.3) is 0 Å². The molecular weight excluding hydrogens is 317 g/mol. The SMILES string of the molecule is COC(=O)c1cc(OC)c(OC)cc1NC(=O)c1cccc(F)c1. The Balaban J connectivity index is 2.43. The number of benzene rings is 2. The fourth-order valence-corrected chi connectivity index (χ4v) is 2.09. The second-order valence-electron chi connectivity index (χ2n) is 4.71. The molecule has 1 N–H and O–H groups in total. The summed E-state index contributed by atoms with van der Waals surface area (Å²) in [6.07, 6.45) is 0. The van der Waals surface area contributed by atoms with Gasteiger partial charge in [0.15, 0.2) is 11.5 Å². The summed E-state index contributed by atoms with van der Waals surface area (Å²) in [5.41, 5.74) is 0.356. The lowest BCUT2D eigenvalue weighted by molar-refractivity contribution is 0.0601. The maximum atomic E-state index is 13.3. The lowest BCUT2D eigenvalue weighted by Crippen LogP contribution is -2.16. The highest BCUT2D eigenvalue weighted by Gasteiger charge is 2.19. The van der Waals surface area contributed by atoms with E-state index in [-0.39, 0.29) is 16.8 Å². The van der Waals surface area contributed by atoms with Gasteiger partial charge in [-0.2, -0.15) is 0 Å². The molecule has 6 nitrogen and oxygen atoms in total. The first-order valence-electron chi connectivity index (χ1n) is 6.91. The molecule has 126 valence electrons. The van der Waals surface area contributed by atoms with E-state index >= 15 is 0 Å². The lowest BCUT2D eigenvalue weighted by atomic mass is 10.1. The third-order valence-corrected chi connectivity index (χ3v) is 3.26. The van der Waals surface area contributed by atoms with Crippen LogP contribution in [0, 0.1) is 5.82 Å². The molecule has 0 saturated carbocycles. The van der Waals surface area contributed by atoms with Gasteiger partial charge >= 0.3 is 5.97 Å². The van der Waals surface area contributed by atoms with Gasteiger partial charge in [-0.15, -0.1) is 0 Å². The van der Waals surface area contributed by atoms with Crippen LogP contribution in [0.1, 0.15) is 20.7 Å². The van der Waals surface area contributed by atoms with Gasteiger partial charge in [-0.1, -0.05) is 6.07 Å². The van der Waals surface area contributed by atoms with Crippen LogP contribution in [0.3, 0.4) is 0 Å². The quantitative estimate of drug-likeness (QED) is 0.852. The average Bonchev–Trinajstić information content (AvgIpc) is 2.60. The number of anilines is 1. The van der Waals surface area contributed by atoms with Crippen molar-refractivity contribution in [2.45, 2.75) is 0 Å². The van der Waals surface area contributed by atoms with Crippen molar-refractivity contribution in [3.05, 3.63) is 53.3 Å². The normalized spacial score (nSPS) is 10.0. The van der Waals surface area contributed by atoms with Crippen molar-refractivity contribution >= 4 is 17.6 Å². The molecule has 0 bridgehead atoms. The minimum absolute atomic E-state index is 0.0832. The Morgan fingerprint density at radius 1 is 1.00 bits per heavy atom. The number of rotatable bonds is 5. The maximum absolute atomic E-state index is 13.3. The van der Waals surface area contributed by atoms with E-state index in [0.717, 1.165) is 6.07 Å². The fraction of sp³-hybridized carbons (Fsp3) is 0.176. The number of carbonyl (C=O) groups is 2. The third-order valence-electron chi connectivity index (χ3n) is 3.26. The van der Waals surface area contributed by atoms with E-state index in [9.17, 15) is 14.0 Å². The van der Waals surface area contributed by atoms with Crippen molar-refractivity contribution in [2.24, 2.45) is 0 Å². The molecule has 0 saturated heterocycles. The molecule has 0 spiro atoms. The van der Waals surface area contributed by atoms with Crippen molar-refractivity contribution in [1.82, 2.24) is 0 Å². The van der Waals surface area contributed by atoms with Gasteiger partial charge in [0.25, 0.3) is 5.91 Å². The number of hydrogen-bond donors (Lipinski definition) is 1. The number of esters is 1. The zero-order valence-electron chi connectivity index (χ0n) is 13.4. The van der Waals surface area contributed by atoms with Crippen molar-refractivity contribution in [2.75, 3.05) is 26.6 Å². The summed E-state index contributed by atoms with van der Waals surface area (Å²) < 4.78 is 28.3. The number of ether oxygens (including phenoxy) is 3. The highest BCUT2D eigenvalue weighted by molar-refractivity contribution is 6.08. The van der Waals surface area contributed by atoms with E-state index in [1.807, 2.05) is 0 Å². The van der Waals surface area contributed by atoms with Crippen LogP contribution in [-0.2, 0) is 4.74 Å². The first kappa shape index (κ1) is 17.3. The Kier molecular flexibility index (Phi) is 5.36. The highest BCUT2D eigenvalue weighted by Crippen LogP contribution is 2.34. The smallest absolute Gasteiger partial charge is 0.340 e. The van der Waals surface area contributed by atoms with Crippen LogP contribution in [0.5, 0.6) is 11.5 Å². The average molecular weight is 333 g/mol. The molecule has 0 radical (unpaired) electrons. The predicted molar refractivity (Wildman–Crippen MR) is 85.2 cm³/mol. The third kappa shape index (κ3) is 3.62. The van der Waals surface area contributed by atoms with Crippen LogP contribution in [-0.4, -0.2) is 33.2 Å². The van der Waals surface area contributed by atoms with Gasteiger partial charge in [0.05, 0.1) is 32.6 Å². The van der Waals surface area contributed by atoms with Crippen LogP contribution in [0.15, 0.2) is 36.4 Å². The molecule has 1 amide bonds. The molecule has 0 aliphatic rings. The first-order valence-corrected chi connectivity index (χ1v) is 6.91. The van der Waals surface area contributed by atoms with Crippen LogP contribution < -0.4 is 14.8 Å². The Morgan fingerprint density at radius 2 is 1.67 bits per heavy atom. The molecule has 2 rings (SSSR count). The Hall–Kier alpha value is -3.09. The standard InChI is InChI=1S/C17H16FNO5/c1-22-14-8-12(17(21)24-3)13(9-15(14)23-2)19-16(20)10-5-4-6-11(18)7-10/h4-9H,1-3H3,(H,19,20). The molecule has 2 aromatic carbocycles. The monoisotopic (exact) mass is 333 g/mol. The largest absolute Gasteiger partial charge is 0.493 e. The van der Waals surface area contributed by atoms with Crippen molar-refractivity contribution in [3.63, 3.8) is 0 Å². The highest BCUT2D eigenvalue weighted by atomic mass is 19.1. The van der Waals surface area contributed by atoms with Gasteiger partial charge in [0.2, 0.25) is 0 Å². The number of nitrogens with one attached hydrogen (secondary N) is 1. The van der Waals surface area contributed by atoms with Crippen LogP contribution >= 0.6 is 0 Å². The summed E-state index contributed by atoms with van der Waals surface area (Å²) in [7, 11) is 4.06. The zero-order valence-corrected chi connectivity index (χ0v) is 13.4. The summed E-state index contributed by atoms with van der Waals surface area (Å²) in [4.78, 5) is 24.2. The lowest BCUT2D eigenvalue weighted by Gasteiger charge is -2.14. The number of halogens is 1. The minimum Gasteiger partial charge on any atom is -0.493 e. The molecule has 0 aromatic heterocycles. The van der Waals surface area contributed by atoms with E-state index in [1.165, 1.54) is 51.7 Å². The summed E-state index contributed by atoms with van der Waals surface area (Å²) in [6.45, 7) is 0. The number of methoxy groups -OCH3 is 3. The molecule has 2 aromatic rings. The van der Waals surface area contributed by atoms with Crippen molar-refractivity contribution < 1.29 is 28.2 Å². The van der Waals surface area contributed by atoms with Gasteiger partial charge in [0.1, 0.15) is 5.82 Å². The van der Waals surface area contributed by atoms with Gasteiger partial charge in [0, 0.05) is 17.7 Å². The van der Waals surface area contributed by atoms with Crippen molar-refractivity contribution in [3.8, 4) is 11.5 Å². The minimum atomic E-state index is -0.662. The van der Waals surface area contributed by atoms with E-state index in [1.54, 1.807) is 0 Å². The van der Waals surface area contributed by atoms with Crippen LogP contribution in [0.4, 0.5) is 10.1 Å². The van der Waals surface area contributed by atoms with E-state index < -0.39 is 17.7 Å². The topological polar surface area (TPSA) is 73.9 Å². The van der Waals surface area contributed by atoms with Gasteiger partial charge in [-0.25, -0.2) is 9.18 Å². The summed E-state index contributed by atoms with van der Waals surface area (Å²) in [5.74, 6) is -1.15. The zero-order chi connectivity index (χ0) is 17.7.